The van der Waals surface area contributed by atoms with Crippen LogP contribution in [-0.2, 0) is 6.54 Å². The Morgan fingerprint density at radius 3 is 2.90 bits per heavy atom. The first kappa shape index (κ1) is 19.3. The molecule has 0 aromatic carbocycles. The van der Waals surface area contributed by atoms with Crippen molar-refractivity contribution >= 4 is 41.7 Å². The van der Waals surface area contributed by atoms with Crippen molar-refractivity contribution in [1.82, 2.24) is 15.6 Å². The maximum atomic E-state index is 5.21. The second-order valence-electron chi connectivity index (χ2n) is 3.79. The Balaban J connectivity index is 0.00000361. The molecule has 0 unspecified atom stereocenters. The number of aromatic nitrogens is 1. The maximum Gasteiger partial charge on any atom is 0.218 e. The number of nitrogens with zero attached hydrogens (tertiary/aromatic N) is 2. The number of nitrogens with one attached hydrogen (secondary N) is 2. The highest BCUT2D eigenvalue weighted by Gasteiger charge is 2.03. The third-order valence-electron chi connectivity index (χ3n) is 2.39. The Morgan fingerprint density at radius 2 is 2.25 bits per heavy atom. The van der Waals surface area contributed by atoms with Gasteiger partial charge < -0.3 is 15.4 Å². The minimum Gasteiger partial charge on any atom is -0.481 e. The highest BCUT2D eigenvalue weighted by Crippen LogP contribution is 2.14. The number of rotatable bonds is 7. The van der Waals surface area contributed by atoms with Gasteiger partial charge in [0.25, 0.3) is 0 Å². The highest BCUT2D eigenvalue weighted by atomic mass is 127. The predicted octanol–water partition coefficient (Wildman–Crippen LogP) is 2.13. The van der Waals surface area contributed by atoms with Crippen LogP contribution in [0.2, 0.25) is 0 Å². The van der Waals surface area contributed by atoms with Crippen LogP contribution >= 0.6 is 35.7 Å². The zero-order valence-corrected chi connectivity index (χ0v) is 15.3. The summed E-state index contributed by atoms with van der Waals surface area (Å²) >= 11 is 1.81. The summed E-state index contributed by atoms with van der Waals surface area (Å²) in [6, 6.07) is 3.86. The number of pyridine rings is 1. The van der Waals surface area contributed by atoms with Gasteiger partial charge in [0.1, 0.15) is 0 Å². The van der Waals surface area contributed by atoms with Crippen molar-refractivity contribution in [3.05, 3.63) is 23.9 Å². The Labute approximate surface area is 142 Å². The molecule has 1 aromatic rings. The van der Waals surface area contributed by atoms with Crippen LogP contribution in [0, 0.1) is 0 Å². The Hall–Kier alpha value is -0.700. The smallest absolute Gasteiger partial charge is 0.218 e. The van der Waals surface area contributed by atoms with E-state index in [1.165, 1.54) is 0 Å². The van der Waals surface area contributed by atoms with Crippen molar-refractivity contribution in [3.8, 4) is 5.88 Å². The molecule has 0 saturated carbocycles. The number of methoxy groups -OCH3 is 1. The minimum atomic E-state index is 0. The Bertz CT molecular complexity index is 404. The standard InChI is InChI=1S/C13H22N4OS.HI/c1-4-14-13(16-8-9-19-3)17-10-11-6-5-7-15-12(11)18-2;/h5-7H,4,8-10H2,1-3H3,(H2,14,16,17);1H. The monoisotopic (exact) mass is 410 g/mol. The topological polar surface area (TPSA) is 58.5 Å². The van der Waals surface area contributed by atoms with Gasteiger partial charge in [0, 0.05) is 30.6 Å². The van der Waals surface area contributed by atoms with Crippen LogP contribution < -0.4 is 15.4 Å². The molecule has 0 amide bonds. The maximum absolute atomic E-state index is 5.21. The number of hydrogen-bond acceptors (Lipinski definition) is 4. The summed E-state index contributed by atoms with van der Waals surface area (Å²) < 4.78 is 5.21. The summed E-state index contributed by atoms with van der Waals surface area (Å²) in [7, 11) is 1.62. The van der Waals surface area contributed by atoms with Crippen LogP contribution in [0.5, 0.6) is 5.88 Å². The molecule has 20 heavy (non-hydrogen) atoms. The summed E-state index contributed by atoms with van der Waals surface area (Å²) in [6.07, 6.45) is 3.81. The van der Waals surface area contributed by atoms with Gasteiger partial charge in [-0.15, -0.1) is 24.0 Å². The zero-order valence-electron chi connectivity index (χ0n) is 12.2. The number of hydrogen-bond donors (Lipinski definition) is 2. The van der Waals surface area contributed by atoms with Crippen LogP contribution in [0.15, 0.2) is 23.3 Å². The van der Waals surface area contributed by atoms with Gasteiger partial charge in [0.05, 0.1) is 13.7 Å². The molecule has 1 heterocycles. The summed E-state index contributed by atoms with van der Waals surface area (Å²) in [6.45, 7) is 4.34. The molecule has 0 fully saturated rings. The molecule has 0 spiro atoms. The number of halogens is 1. The van der Waals surface area contributed by atoms with Crippen molar-refractivity contribution in [1.29, 1.82) is 0 Å². The molecular weight excluding hydrogens is 387 g/mol. The van der Waals surface area contributed by atoms with Crippen LogP contribution in [0.25, 0.3) is 0 Å². The average molecular weight is 410 g/mol. The first-order valence-electron chi connectivity index (χ1n) is 6.30. The van der Waals surface area contributed by atoms with Gasteiger partial charge in [-0.1, -0.05) is 6.07 Å². The molecule has 0 radical (unpaired) electrons. The molecule has 0 aliphatic rings. The molecule has 1 aromatic heterocycles. The molecular formula is C13H23IN4OS. The molecule has 1 rings (SSSR count). The molecule has 0 aliphatic heterocycles. The van der Waals surface area contributed by atoms with Gasteiger partial charge in [-0.2, -0.15) is 11.8 Å². The number of ether oxygens (including phenoxy) is 1. The van der Waals surface area contributed by atoms with Gasteiger partial charge >= 0.3 is 0 Å². The van der Waals surface area contributed by atoms with Gasteiger partial charge in [-0.3, -0.25) is 0 Å². The first-order chi connectivity index (χ1) is 9.31. The van der Waals surface area contributed by atoms with E-state index in [-0.39, 0.29) is 24.0 Å². The second-order valence-corrected chi connectivity index (χ2v) is 4.77. The van der Waals surface area contributed by atoms with Crippen molar-refractivity contribution in [2.45, 2.75) is 13.5 Å². The van der Waals surface area contributed by atoms with Gasteiger partial charge in [-0.25, -0.2) is 9.98 Å². The fraction of sp³-hybridized carbons (Fsp3) is 0.538. The summed E-state index contributed by atoms with van der Waals surface area (Å²) in [5.41, 5.74) is 0.979. The van der Waals surface area contributed by atoms with E-state index in [1.807, 2.05) is 12.1 Å². The van der Waals surface area contributed by atoms with Crippen LogP contribution in [0.1, 0.15) is 12.5 Å². The third-order valence-corrected chi connectivity index (χ3v) is 3.01. The lowest BCUT2D eigenvalue weighted by Crippen LogP contribution is -2.38. The van der Waals surface area contributed by atoms with Crippen LogP contribution in [0.3, 0.4) is 0 Å². The Kier molecular flexibility index (Phi) is 11.6. The number of thioether (sulfide) groups is 1. The molecule has 0 aliphatic carbocycles. The van der Waals surface area contributed by atoms with Crippen molar-refractivity contribution in [2.75, 3.05) is 32.2 Å². The average Bonchev–Trinajstić information content (AvgIpc) is 2.45. The summed E-state index contributed by atoms with van der Waals surface area (Å²) in [5, 5.41) is 6.50. The van der Waals surface area contributed by atoms with Crippen molar-refractivity contribution in [3.63, 3.8) is 0 Å². The SMILES string of the molecule is CCNC(=NCc1cccnc1OC)NCCSC.I. The van der Waals surface area contributed by atoms with Gasteiger partial charge in [0.15, 0.2) is 5.96 Å². The lowest BCUT2D eigenvalue weighted by molar-refractivity contribution is 0.392. The largest absolute Gasteiger partial charge is 0.481 e. The number of guanidine groups is 1. The molecule has 0 saturated heterocycles. The zero-order chi connectivity index (χ0) is 13.9. The molecule has 114 valence electrons. The van der Waals surface area contributed by atoms with E-state index in [0.29, 0.717) is 12.4 Å². The molecule has 7 heteroatoms. The summed E-state index contributed by atoms with van der Waals surface area (Å²) in [5.74, 6) is 2.51. The minimum absolute atomic E-state index is 0. The molecule has 5 nitrogen and oxygen atoms in total. The van der Waals surface area contributed by atoms with Gasteiger partial charge in [-0.05, 0) is 19.2 Å². The highest BCUT2D eigenvalue weighted by molar-refractivity contribution is 14.0. The van der Waals surface area contributed by atoms with E-state index in [0.717, 1.165) is 30.4 Å². The fourth-order valence-corrected chi connectivity index (χ4v) is 1.81. The first-order valence-corrected chi connectivity index (χ1v) is 7.70. The van der Waals surface area contributed by atoms with Crippen LogP contribution in [-0.4, -0.2) is 43.2 Å². The predicted molar refractivity (Wildman–Crippen MR) is 97.4 cm³/mol. The molecule has 0 atom stereocenters. The van der Waals surface area contributed by atoms with Crippen LogP contribution in [0.4, 0.5) is 0 Å². The lowest BCUT2D eigenvalue weighted by Gasteiger charge is -2.11. The second kappa shape index (κ2) is 12.1. The fourth-order valence-electron chi connectivity index (χ4n) is 1.51. The van der Waals surface area contributed by atoms with E-state index in [9.17, 15) is 0 Å². The quantitative estimate of drug-likeness (QED) is 0.312. The third kappa shape index (κ3) is 7.18. The summed E-state index contributed by atoms with van der Waals surface area (Å²) in [4.78, 5) is 8.69. The van der Waals surface area contributed by atoms with E-state index >= 15 is 0 Å². The number of aliphatic imine (C=N–C) groups is 1. The van der Waals surface area contributed by atoms with E-state index in [1.54, 1.807) is 25.1 Å². The normalized spacial score (nSPS) is 10.7. The van der Waals surface area contributed by atoms with E-state index in [2.05, 4.69) is 33.8 Å². The Morgan fingerprint density at radius 1 is 1.45 bits per heavy atom. The molecule has 2 N–H and O–H groups in total. The lowest BCUT2D eigenvalue weighted by atomic mass is 10.3. The van der Waals surface area contributed by atoms with E-state index in [4.69, 9.17) is 4.74 Å². The molecule has 0 bridgehead atoms. The van der Waals surface area contributed by atoms with E-state index < -0.39 is 0 Å². The van der Waals surface area contributed by atoms with Crippen molar-refractivity contribution in [2.24, 2.45) is 4.99 Å². The van der Waals surface area contributed by atoms with Crippen molar-refractivity contribution < 1.29 is 4.74 Å². The van der Waals surface area contributed by atoms with Gasteiger partial charge in [0.2, 0.25) is 5.88 Å².